The summed E-state index contributed by atoms with van der Waals surface area (Å²) in [5.41, 5.74) is 0.146. The van der Waals surface area contributed by atoms with Gasteiger partial charge in [-0.3, -0.25) is 4.79 Å². The summed E-state index contributed by atoms with van der Waals surface area (Å²) in [5.74, 6) is -2.09. The molecule has 1 aromatic carbocycles. The molecule has 1 aromatic rings. The summed E-state index contributed by atoms with van der Waals surface area (Å²) in [4.78, 5) is 23.9. The number of hydrogen-bond acceptors (Lipinski definition) is 2. The van der Waals surface area contributed by atoms with Crippen molar-refractivity contribution in [3.8, 4) is 0 Å². The molecule has 5 heteroatoms. The van der Waals surface area contributed by atoms with Crippen LogP contribution >= 0.6 is 0 Å². The van der Waals surface area contributed by atoms with E-state index in [4.69, 9.17) is 5.11 Å². The van der Waals surface area contributed by atoms with E-state index in [1.165, 1.54) is 25.2 Å². The third-order valence-corrected chi connectivity index (χ3v) is 2.53. The molecule has 0 spiro atoms. The maximum absolute atomic E-state index is 12.9. The zero-order valence-electron chi connectivity index (χ0n) is 9.68. The van der Waals surface area contributed by atoms with Gasteiger partial charge in [-0.25, -0.2) is 9.18 Å². The number of carboxylic acid groups (broad SMARTS) is 1. The van der Waals surface area contributed by atoms with Gasteiger partial charge in [0.25, 0.3) is 5.91 Å². The Balaban J connectivity index is 2.93. The van der Waals surface area contributed by atoms with Crippen molar-refractivity contribution in [2.24, 2.45) is 0 Å². The summed E-state index contributed by atoms with van der Waals surface area (Å²) in [5, 5.41) is 8.93. The van der Waals surface area contributed by atoms with Gasteiger partial charge >= 0.3 is 5.97 Å². The summed E-state index contributed by atoms with van der Waals surface area (Å²) >= 11 is 0. The van der Waals surface area contributed by atoms with Gasteiger partial charge in [0.2, 0.25) is 0 Å². The van der Waals surface area contributed by atoms with Crippen molar-refractivity contribution in [1.29, 1.82) is 0 Å². The Morgan fingerprint density at radius 1 is 1.47 bits per heavy atom. The lowest BCUT2D eigenvalue weighted by Gasteiger charge is -2.23. The maximum Gasteiger partial charge on any atom is 0.326 e. The van der Waals surface area contributed by atoms with Crippen molar-refractivity contribution in [2.45, 2.75) is 19.4 Å². The van der Waals surface area contributed by atoms with Gasteiger partial charge in [0.05, 0.1) is 0 Å². The first-order valence-electron chi connectivity index (χ1n) is 5.23. The van der Waals surface area contributed by atoms with Crippen LogP contribution in [0.15, 0.2) is 24.3 Å². The van der Waals surface area contributed by atoms with Gasteiger partial charge in [0, 0.05) is 12.6 Å². The molecule has 1 amide bonds. The van der Waals surface area contributed by atoms with E-state index in [2.05, 4.69) is 0 Å². The molecule has 0 saturated heterocycles. The van der Waals surface area contributed by atoms with Crippen LogP contribution in [0.3, 0.4) is 0 Å². The van der Waals surface area contributed by atoms with Crippen molar-refractivity contribution < 1.29 is 19.1 Å². The van der Waals surface area contributed by atoms with E-state index in [1.54, 1.807) is 6.92 Å². The average molecular weight is 239 g/mol. The molecule has 1 atom stereocenters. The Morgan fingerprint density at radius 3 is 2.59 bits per heavy atom. The number of rotatable bonds is 4. The van der Waals surface area contributed by atoms with Crippen LogP contribution in [0.2, 0.25) is 0 Å². The van der Waals surface area contributed by atoms with E-state index in [1.807, 2.05) is 0 Å². The van der Waals surface area contributed by atoms with Crippen LogP contribution in [0.25, 0.3) is 0 Å². The molecule has 0 aliphatic heterocycles. The fourth-order valence-corrected chi connectivity index (χ4v) is 1.58. The highest BCUT2D eigenvalue weighted by atomic mass is 19.1. The van der Waals surface area contributed by atoms with Gasteiger partial charge in [-0.05, 0) is 24.6 Å². The van der Waals surface area contributed by atoms with E-state index in [-0.39, 0.29) is 5.56 Å². The second-order valence-electron chi connectivity index (χ2n) is 3.69. The fourth-order valence-electron chi connectivity index (χ4n) is 1.58. The molecule has 0 saturated carbocycles. The Labute approximate surface area is 98.7 Å². The van der Waals surface area contributed by atoms with Crippen molar-refractivity contribution in [3.63, 3.8) is 0 Å². The lowest BCUT2D eigenvalue weighted by Crippen LogP contribution is -2.41. The summed E-state index contributed by atoms with van der Waals surface area (Å²) < 4.78 is 12.9. The van der Waals surface area contributed by atoms with E-state index >= 15 is 0 Å². The summed E-state index contributed by atoms with van der Waals surface area (Å²) in [6, 6.07) is 4.29. The number of benzene rings is 1. The van der Waals surface area contributed by atoms with Crippen molar-refractivity contribution in [3.05, 3.63) is 35.6 Å². The fraction of sp³-hybridized carbons (Fsp3) is 0.333. The molecule has 1 N–H and O–H groups in total. The monoisotopic (exact) mass is 239 g/mol. The Kier molecular flexibility index (Phi) is 4.20. The van der Waals surface area contributed by atoms with E-state index in [0.29, 0.717) is 6.42 Å². The summed E-state index contributed by atoms with van der Waals surface area (Å²) in [6.07, 6.45) is 0.299. The first kappa shape index (κ1) is 13.2. The minimum absolute atomic E-state index is 0.146. The number of carbonyl (C=O) groups excluding carboxylic acids is 1. The minimum atomic E-state index is -1.07. The standard InChI is InChI=1S/C12H14FNO3/c1-3-10(12(16)17)14(2)11(15)8-5-4-6-9(13)7-8/h4-7,10H,3H2,1-2H3,(H,16,17). The van der Waals surface area contributed by atoms with Crippen LogP contribution in [0, 0.1) is 5.82 Å². The van der Waals surface area contributed by atoms with Gasteiger partial charge in [-0.15, -0.1) is 0 Å². The van der Waals surface area contributed by atoms with Gasteiger partial charge in [-0.2, -0.15) is 0 Å². The normalized spacial score (nSPS) is 11.9. The lowest BCUT2D eigenvalue weighted by molar-refractivity contribution is -0.142. The van der Waals surface area contributed by atoms with Gasteiger partial charge < -0.3 is 10.0 Å². The number of aliphatic carboxylic acids is 1. The Bertz CT molecular complexity index is 434. The first-order valence-corrected chi connectivity index (χ1v) is 5.23. The first-order chi connectivity index (χ1) is 7.97. The van der Waals surface area contributed by atoms with Crippen LogP contribution in [-0.2, 0) is 4.79 Å². The van der Waals surface area contributed by atoms with E-state index in [0.717, 1.165) is 11.0 Å². The molecular formula is C12H14FNO3. The predicted octanol–water partition coefficient (Wildman–Crippen LogP) is 1.76. The quantitative estimate of drug-likeness (QED) is 0.871. The molecule has 0 aromatic heterocycles. The second kappa shape index (κ2) is 5.43. The summed E-state index contributed by atoms with van der Waals surface area (Å²) in [7, 11) is 1.40. The lowest BCUT2D eigenvalue weighted by atomic mass is 10.1. The third kappa shape index (κ3) is 3.03. The highest BCUT2D eigenvalue weighted by Gasteiger charge is 2.25. The molecule has 0 radical (unpaired) electrons. The topological polar surface area (TPSA) is 57.6 Å². The van der Waals surface area contributed by atoms with Gasteiger partial charge in [-0.1, -0.05) is 13.0 Å². The molecule has 92 valence electrons. The molecule has 0 heterocycles. The largest absolute Gasteiger partial charge is 0.480 e. The van der Waals surface area contributed by atoms with Crippen LogP contribution in [0.1, 0.15) is 23.7 Å². The molecule has 0 fully saturated rings. The van der Waals surface area contributed by atoms with Crippen molar-refractivity contribution in [2.75, 3.05) is 7.05 Å². The molecule has 1 unspecified atom stereocenters. The minimum Gasteiger partial charge on any atom is -0.480 e. The molecule has 0 aliphatic rings. The zero-order valence-corrected chi connectivity index (χ0v) is 9.68. The summed E-state index contributed by atoms with van der Waals surface area (Å²) in [6.45, 7) is 1.67. The molecule has 1 rings (SSSR count). The van der Waals surface area contributed by atoms with Crippen molar-refractivity contribution in [1.82, 2.24) is 4.90 Å². The zero-order chi connectivity index (χ0) is 13.0. The average Bonchev–Trinajstić information content (AvgIpc) is 2.28. The highest BCUT2D eigenvalue weighted by molar-refractivity contribution is 5.96. The SMILES string of the molecule is CCC(C(=O)O)N(C)C(=O)c1cccc(F)c1. The molecule has 17 heavy (non-hydrogen) atoms. The Morgan fingerprint density at radius 2 is 2.12 bits per heavy atom. The number of likely N-dealkylation sites (N-methyl/N-ethyl adjacent to an activating group) is 1. The molecule has 0 aliphatic carbocycles. The Hall–Kier alpha value is -1.91. The second-order valence-corrected chi connectivity index (χ2v) is 3.69. The van der Waals surface area contributed by atoms with Crippen LogP contribution in [0.5, 0.6) is 0 Å². The van der Waals surface area contributed by atoms with Gasteiger partial charge in [0.1, 0.15) is 11.9 Å². The number of nitrogens with zero attached hydrogens (tertiary/aromatic N) is 1. The van der Waals surface area contributed by atoms with E-state index in [9.17, 15) is 14.0 Å². The van der Waals surface area contributed by atoms with E-state index < -0.39 is 23.7 Å². The van der Waals surface area contributed by atoms with Gasteiger partial charge in [0.15, 0.2) is 0 Å². The van der Waals surface area contributed by atoms with Crippen molar-refractivity contribution >= 4 is 11.9 Å². The maximum atomic E-state index is 12.9. The number of carboxylic acids is 1. The van der Waals surface area contributed by atoms with Crippen LogP contribution < -0.4 is 0 Å². The van der Waals surface area contributed by atoms with Crippen LogP contribution in [-0.4, -0.2) is 35.0 Å². The smallest absolute Gasteiger partial charge is 0.326 e. The number of halogens is 1. The number of carbonyl (C=O) groups is 2. The number of amides is 1. The number of hydrogen-bond donors (Lipinski definition) is 1. The molecule has 4 nitrogen and oxygen atoms in total. The predicted molar refractivity (Wildman–Crippen MR) is 60.2 cm³/mol. The third-order valence-electron chi connectivity index (χ3n) is 2.53. The molecular weight excluding hydrogens is 225 g/mol. The highest BCUT2D eigenvalue weighted by Crippen LogP contribution is 2.10. The molecule has 0 bridgehead atoms. The van der Waals surface area contributed by atoms with Crippen LogP contribution in [0.4, 0.5) is 4.39 Å².